The van der Waals surface area contributed by atoms with Gasteiger partial charge in [0.05, 0.1) is 17.8 Å². The van der Waals surface area contributed by atoms with Crippen LogP contribution in [-0.2, 0) is 0 Å². The number of anilines is 1. The number of hydrogen-bond acceptors (Lipinski definition) is 3. The highest BCUT2D eigenvalue weighted by Gasteiger charge is 2.42. The molecule has 1 fully saturated rings. The van der Waals surface area contributed by atoms with Crippen LogP contribution in [0.2, 0.25) is 0 Å². The number of phenols is 1. The van der Waals surface area contributed by atoms with Gasteiger partial charge in [-0.15, -0.1) is 0 Å². The van der Waals surface area contributed by atoms with Crippen molar-refractivity contribution in [3.8, 4) is 11.4 Å². The lowest BCUT2D eigenvalue weighted by Crippen LogP contribution is -2.29. The quantitative estimate of drug-likeness (QED) is 0.318. The average Bonchev–Trinajstić information content (AvgIpc) is 3.35. The van der Waals surface area contributed by atoms with E-state index >= 15 is 0 Å². The minimum Gasteiger partial charge on any atom is -0.508 e. The lowest BCUT2D eigenvalue weighted by Gasteiger charge is -2.28. The van der Waals surface area contributed by atoms with E-state index in [4.69, 9.17) is 12.2 Å². The first-order chi connectivity index (χ1) is 16.8. The smallest absolute Gasteiger partial charge is 0.174 e. The molecule has 0 saturated carbocycles. The van der Waals surface area contributed by atoms with Crippen LogP contribution < -0.4 is 10.2 Å². The van der Waals surface area contributed by atoms with Crippen LogP contribution in [0.5, 0.6) is 5.75 Å². The summed E-state index contributed by atoms with van der Waals surface area (Å²) in [7, 11) is 0. The van der Waals surface area contributed by atoms with Crippen LogP contribution in [0.1, 0.15) is 60.1 Å². The van der Waals surface area contributed by atoms with Crippen molar-refractivity contribution in [3.05, 3.63) is 107 Å². The molecule has 0 radical (unpaired) electrons. The number of aromatic hydroxyl groups is 1. The molecule has 1 saturated heterocycles. The molecule has 0 aliphatic carbocycles. The van der Waals surface area contributed by atoms with Crippen molar-refractivity contribution in [2.24, 2.45) is 0 Å². The Balaban J connectivity index is 1.65. The van der Waals surface area contributed by atoms with E-state index in [0.29, 0.717) is 11.0 Å². The van der Waals surface area contributed by atoms with Gasteiger partial charge in [0, 0.05) is 29.0 Å². The van der Waals surface area contributed by atoms with E-state index < -0.39 is 0 Å². The van der Waals surface area contributed by atoms with Crippen LogP contribution in [0, 0.1) is 13.8 Å². The Bertz CT molecular complexity index is 1340. The van der Waals surface area contributed by atoms with Gasteiger partial charge in [0.1, 0.15) is 5.75 Å². The van der Waals surface area contributed by atoms with Gasteiger partial charge in [-0.1, -0.05) is 32.0 Å². The SMILES string of the molecule is Cc1cc([C@@H]2[C@H](c3ccccn3)NC(=S)N2c2ccc(C(C)C)cc2)c(C)n1-c1ccc(O)cc1. The number of thiocarbonyl (C=S) groups is 1. The predicted molar refractivity (Wildman–Crippen MR) is 145 cm³/mol. The van der Waals surface area contributed by atoms with E-state index in [1.807, 2.05) is 30.5 Å². The molecule has 2 aromatic carbocycles. The summed E-state index contributed by atoms with van der Waals surface area (Å²) in [6.07, 6.45) is 1.83. The molecule has 0 bridgehead atoms. The summed E-state index contributed by atoms with van der Waals surface area (Å²) >= 11 is 5.90. The molecule has 0 spiro atoms. The Morgan fingerprint density at radius 1 is 0.943 bits per heavy atom. The molecule has 3 heterocycles. The van der Waals surface area contributed by atoms with Crippen molar-refractivity contribution in [2.75, 3.05) is 4.90 Å². The van der Waals surface area contributed by atoms with E-state index in [1.165, 1.54) is 11.1 Å². The zero-order valence-electron chi connectivity index (χ0n) is 20.4. The normalized spacial score (nSPS) is 17.7. The molecule has 5 rings (SSSR count). The number of rotatable bonds is 5. The molecule has 178 valence electrons. The summed E-state index contributed by atoms with van der Waals surface area (Å²) in [5.41, 5.74) is 7.77. The van der Waals surface area contributed by atoms with Gasteiger partial charge in [0.25, 0.3) is 0 Å². The van der Waals surface area contributed by atoms with Crippen LogP contribution in [-0.4, -0.2) is 19.8 Å². The first-order valence-electron chi connectivity index (χ1n) is 11.9. The Morgan fingerprint density at radius 2 is 1.63 bits per heavy atom. The van der Waals surface area contributed by atoms with E-state index in [1.54, 1.807) is 12.1 Å². The largest absolute Gasteiger partial charge is 0.508 e. The number of aryl methyl sites for hydroxylation is 1. The highest BCUT2D eigenvalue weighted by Crippen LogP contribution is 2.44. The molecule has 1 aliphatic heterocycles. The van der Waals surface area contributed by atoms with Crippen LogP contribution in [0.15, 0.2) is 79.0 Å². The maximum atomic E-state index is 9.78. The second-order valence-corrected chi connectivity index (χ2v) is 9.81. The van der Waals surface area contributed by atoms with Gasteiger partial charge in [-0.25, -0.2) is 0 Å². The summed E-state index contributed by atoms with van der Waals surface area (Å²) in [4.78, 5) is 6.90. The fraction of sp³-hybridized carbons (Fsp3) is 0.241. The highest BCUT2D eigenvalue weighted by atomic mass is 32.1. The number of aromatic nitrogens is 2. The summed E-state index contributed by atoms with van der Waals surface area (Å²) in [6.45, 7) is 8.66. The molecule has 1 aliphatic rings. The first kappa shape index (κ1) is 23.1. The van der Waals surface area contributed by atoms with Gasteiger partial charge >= 0.3 is 0 Å². The first-order valence-corrected chi connectivity index (χ1v) is 12.3. The van der Waals surface area contributed by atoms with Gasteiger partial charge in [-0.2, -0.15) is 0 Å². The summed E-state index contributed by atoms with van der Waals surface area (Å²) in [5.74, 6) is 0.724. The fourth-order valence-corrected chi connectivity index (χ4v) is 5.40. The number of phenolic OH excluding ortho intramolecular Hbond substituents is 1. The fourth-order valence-electron chi connectivity index (χ4n) is 5.05. The molecule has 0 amide bonds. The Kier molecular flexibility index (Phi) is 6.07. The number of nitrogens with one attached hydrogen (secondary N) is 1. The van der Waals surface area contributed by atoms with Gasteiger partial charge in [-0.05, 0) is 97.7 Å². The van der Waals surface area contributed by atoms with Gasteiger partial charge < -0.3 is 19.9 Å². The van der Waals surface area contributed by atoms with Gasteiger partial charge in [-0.3, -0.25) is 4.98 Å². The van der Waals surface area contributed by atoms with Crippen molar-refractivity contribution in [2.45, 2.75) is 45.7 Å². The third kappa shape index (κ3) is 4.19. The Labute approximate surface area is 212 Å². The Hall–Kier alpha value is -3.64. The lowest BCUT2D eigenvalue weighted by molar-refractivity contribution is 0.475. The van der Waals surface area contributed by atoms with Crippen molar-refractivity contribution >= 4 is 23.0 Å². The minimum atomic E-state index is -0.0951. The maximum absolute atomic E-state index is 9.78. The number of hydrogen-bond donors (Lipinski definition) is 2. The topological polar surface area (TPSA) is 53.3 Å². The molecule has 4 aromatic rings. The van der Waals surface area contributed by atoms with Gasteiger partial charge in [0.15, 0.2) is 5.11 Å². The molecule has 6 heteroatoms. The zero-order chi connectivity index (χ0) is 24.7. The number of pyridine rings is 1. The van der Waals surface area contributed by atoms with E-state index in [0.717, 1.165) is 28.5 Å². The maximum Gasteiger partial charge on any atom is 0.174 e. The standard InChI is InChI=1S/C29H30N4OS/c1-18(2)21-8-10-23(11-9-21)33-28(27(31-29(33)35)26-7-5-6-16-30-26)25-17-19(3)32(20(25)4)22-12-14-24(34)15-13-22/h5-18,27-28,34H,1-4H3,(H,31,35)/t27-,28+/m0/s1. The number of benzene rings is 2. The summed E-state index contributed by atoms with van der Waals surface area (Å²) in [5, 5.41) is 14.0. The lowest BCUT2D eigenvalue weighted by atomic mass is 9.96. The summed E-state index contributed by atoms with van der Waals surface area (Å²) in [6, 6.07) is 24.1. The molecule has 2 aromatic heterocycles. The second kappa shape index (κ2) is 9.19. The van der Waals surface area contributed by atoms with Gasteiger partial charge in [0.2, 0.25) is 0 Å². The highest BCUT2D eigenvalue weighted by molar-refractivity contribution is 7.80. The van der Waals surface area contributed by atoms with E-state index in [9.17, 15) is 5.11 Å². The number of nitrogens with zero attached hydrogens (tertiary/aromatic N) is 3. The minimum absolute atomic E-state index is 0.0700. The van der Waals surface area contributed by atoms with Crippen molar-refractivity contribution in [1.29, 1.82) is 0 Å². The van der Waals surface area contributed by atoms with Crippen LogP contribution in [0.4, 0.5) is 5.69 Å². The monoisotopic (exact) mass is 482 g/mol. The third-order valence-corrected chi connectivity index (χ3v) is 7.15. The second-order valence-electron chi connectivity index (χ2n) is 9.42. The average molecular weight is 483 g/mol. The van der Waals surface area contributed by atoms with E-state index in [-0.39, 0.29) is 17.8 Å². The molecule has 0 unspecified atom stereocenters. The molecular formula is C29H30N4OS. The molecule has 35 heavy (non-hydrogen) atoms. The van der Waals surface area contributed by atoms with Crippen molar-refractivity contribution < 1.29 is 5.11 Å². The van der Waals surface area contributed by atoms with Crippen molar-refractivity contribution in [3.63, 3.8) is 0 Å². The van der Waals surface area contributed by atoms with Crippen LogP contribution in [0.3, 0.4) is 0 Å². The molecule has 2 atom stereocenters. The Morgan fingerprint density at radius 3 is 2.26 bits per heavy atom. The van der Waals surface area contributed by atoms with Crippen LogP contribution >= 0.6 is 12.2 Å². The zero-order valence-corrected chi connectivity index (χ0v) is 21.3. The molecule has 2 N–H and O–H groups in total. The molecular weight excluding hydrogens is 452 g/mol. The summed E-state index contributed by atoms with van der Waals surface area (Å²) < 4.78 is 2.23. The third-order valence-electron chi connectivity index (χ3n) is 6.83. The van der Waals surface area contributed by atoms with E-state index in [2.05, 4.69) is 83.9 Å². The van der Waals surface area contributed by atoms with Crippen molar-refractivity contribution in [1.82, 2.24) is 14.9 Å². The van der Waals surface area contributed by atoms with Crippen LogP contribution in [0.25, 0.3) is 5.69 Å². The molecule has 5 nitrogen and oxygen atoms in total. The predicted octanol–water partition coefficient (Wildman–Crippen LogP) is 6.50.